The van der Waals surface area contributed by atoms with E-state index in [1.165, 1.54) is 0 Å². The molecular weight excluding hydrogens is 318 g/mol. The number of carbonyl (C=O) groups is 1. The monoisotopic (exact) mass is 351 g/mol. The predicted octanol–water partition coefficient (Wildman–Crippen LogP) is 2.79. The van der Waals surface area contributed by atoms with Gasteiger partial charge in [0.15, 0.2) is 0 Å². The van der Waals surface area contributed by atoms with Crippen molar-refractivity contribution in [3.8, 4) is 0 Å². The van der Waals surface area contributed by atoms with E-state index in [1.54, 1.807) is 7.11 Å². The van der Waals surface area contributed by atoms with Gasteiger partial charge in [-0.05, 0) is 57.7 Å². The molecule has 1 aromatic heterocycles. The molecule has 0 unspecified atom stereocenters. The summed E-state index contributed by atoms with van der Waals surface area (Å²) in [4.78, 5) is 14.9. The molecule has 0 atom stereocenters. The van der Waals surface area contributed by atoms with Gasteiger partial charge in [-0.1, -0.05) is 13.8 Å². The molecule has 0 bridgehead atoms. The van der Waals surface area contributed by atoms with E-state index in [4.69, 9.17) is 9.47 Å². The van der Waals surface area contributed by atoms with Crippen LogP contribution in [0.5, 0.6) is 0 Å². The van der Waals surface area contributed by atoms with Crippen molar-refractivity contribution >= 4 is 5.97 Å². The van der Waals surface area contributed by atoms with Crippen molar-refractivity contribution in [3.63, 3.8) is 0 Å². The SMILES string of the molecule is CCOC(=O)C1(CCOC)CCN(Cc2cc(CC(C)C)n[nH]2)CC1. The van der Waals surface area contributed by atoms with Crippen LogP contribution in [0.15, 0.2) is 6.07 Å². The second-order valence-electron chi connectivity index (χ2n) is 7.50. The van der Waals surface area contributed by atoms with Crippen molar-refractivity contribution in [3.05, 3.63) is 17.5 Å². The van der Waals surface area contributed by atoms with Crippen LogP contribution in [0.25, 0.3) is 0 Å². The third kappa shape index (κ3) is 5.54. The molecule has 6 heteroatoms. The van der Waals surface area contributed by atoms with Gasteiger partial charge in [-0.15, -0.1) is 0 Å². The Balaban J connectivity index is 1.91. The minimum Gasteiger partial charge on any atom is -0.466 e. The van der Waals surface area contributed by atoms with Gasteiger partial charge in [-0.2, -0.15) is 5.10 Å². The number of nitrogens with zero attached hydrogens (tertiary/aromatic N) is 2. The summed E-state index contributed by atoms with van der Waals surface area (Å²) in [5.41, 5.74) is 1.89. The van der Waals surface area contributed by atoms with E-state index in [-0.39, 0.29) is 11.4 Å². The van der Waals surface area contributed by atoms with Crippen LogP contribution in [0, 0.1) is 11.3 Å². The van der Waals surface area contributed by atoms with Gasteiger partial charge in [0.2, 0.25) is 0 Å². The summed E-state index contributed by atoms with van der Waals surface area (Å²) in [6.45, 7) is 9.93. The Labute approximate surface area is 151 Å². The van der Waals surface area contributed by atoms with Crippen LogP contribution >= 0.6 is 0 Å². The first-order valence-corrected chi connectivity index (χ1v) is 9.40. The number of methoxy groups -OCH3 is 1. The lowest BCUT2D eigenvalue weighted by atomic mass is 9.75. The van der Waals surface area contributed by atoms with Gasteiger partial charge in [0.1, 0.15) is 0 Å². The lowest BCUT2D eigenvalue weighted by Crippen LogP contribution is -2.45. The van der Waals surface area contributed by atoms with Crippen LogP contribution in [0.2, 0.25) is 0 Å². The predicted molar refractivity (Wildman–Crippen MR) is 97.2 cm³/mol. The number of aromatic amines is 1. The molecule has 0 spiro atoms. The number of nitrogens with one attached hydrogen (secondary N) is 1. The maximum Gasteiger partial charge on any atom is 0.312 e. The van der Waals surface area contributed by atoms with Crippen LogP contribution in [0.4, 0.5) is 0 Å². The quantitative estimate of drug-likeness (QED) is 0.693. The van der Waals surface area contributed by atoms with Crippen LogP contribution in [0.1, 0.15) is 51.4 Å². The summed E-state index contributed by atoms with van der Waals surface area (Å²) < 4.78 is 10.6. The van der Waals surface area contributed by atoms with Gasteiger partial charge in [0, 0.05) is 26.0 Å². The zero-order valence-corrected chi connectivity index (χ0v) is 16.1. The molecule has 0 saturated carbocycles. The Kier molecular flexibility index (Phi) is 7.44. The summed E-state index contributed by atoms with van der Waals surface area (Å²) in [5, 5.41) is 7.55. The molecular formula is C19H33N3O3. The lowest BCUT2D eigenvalue weighted by molar-refractivity contribution is -0.160. The number of hydrogen-bond acceptors (Lipinski definition) is 5. The van der Waals surface area contributed by atoms with E-state index in [9.17, 15) is 4.79 Å². The highest BCUT2D eigenvalue weighted by molar-refractivity contribution is 5.77. The molecule has 1 fully saturated rings. The van der Waals surface area contributed by atoms with Crippen molar-refractivity contribution in [2.24, 2.45) is 11.3 Å². The number of ether oxygens (including phenoxy) is 2. The fraction of sp³-hybridized carbons (Fsp3) is 0.789. The van der Waals surface area contributed by atoms with Crippen molar-refractivity contribution in [1.82, 2.24) is 15.1 Å². The van der Waals surface area contributed by atoms with Crippen LogP contribution in [-0.4, -0.2) is 54.5 Å². The minimum atomic E-state index is -0.390. The van der Waals surface area contributed by atoms with Crippen molar-refractivity contribution in [1.29, 1.82) is 0 Å². The Hall–Kier alpha value is -1.40. The summed E-state index contributed by atoms with van der Waals surface area (Å²) in [6.07, 6.45) is 3.38. The molecule has 1 saturated heterocycles. The number of aromatic nitrogens is 2. The van der Waals surface area contributed by atoms with E-state index < -0.39 is 0 Å². The minimum absolute atomic E-state index is 0.0625. The van der Waals surface area contributed by atoms with E-state index in [2.05, 4.69) is 35.0 Å². The van der Waals surface area contributed by atoms with E-state index in [0.717, 1.165) is 56.7 Å². The van der Waals surface area contributed by atoms with Crippen molar-refractivity contribution in [2.45, 2.75) is 53.0 Å². The number of likely N-dealkylation sites (tertiary alicyclic amines) is 1. The number of hydrogen-bond donors (Lipinski definition) is 1. The molecule has 0 radical (unpaired) electrons. The molecule has 0 aromatic carbocycles. The Morgan fingerprint density at radius 3 is 2.72 bits per heavy atom. The number of rotatable bonds is 9. The van der Waals surface area contributed by atoms with Gasteiger partial charge in [-0.3, -0.25) is 14.8 Å². The van der Waals surface area contributed by atoms with Crippen LogP contribution < -0.4 is 0 Å². The largest absolute Gasteiger partial charge is 0.466 e. The molecule has 25 heavy (non-hydrogen) atoms. The molecule has 1 N–H and O–H groups in total. The number of piperidine rings is 1. The maximum absolute atomic E-state index is 12.5. The van der Waals surface area contributed by atoms with Gasteiger partial charge in [0.25, 0.3) is 0 Å². The second kappa shape index (κ2) is 9.34. The van der Waals surface area contributed by atoms with E-state index in [0.29, 0.717) is 19.1 Å². The first kappa shape index (κ1) is 19.9. The first-order chi connectivity index (χ1) is 12.0. The molecule has 6 nitrogen and oxygen atoms in total. The average molecular weight is 351 g/mol. The average Bonchev–Trinajstić information content (AvgIpc) is 3.01. The van der Waals surface area contributed by atoms with Crippen LogP contribution in [-0.2, 0) is 27.2 Å². The topological polar surface area (TPSA) is 67.5 Å². The van der Waals surface area contributed by atoms with Gasteiger partial charge >= 0.3 is 5.97 Å². The standard InChI is InChI=1S/C19H33N3O3/c1-5-25-18(23)19(8-11-24-4)6-9-22(10-7-19)14-17-13-16(20-21-17)12-15(2)3/h13,15H,5-12,14H2,1-4H3,(H,20,21). The van der Waals surface area contributed by atoms with Crippen LogP contribution in [0.3, 0.4) is 0 Å². The molecule has 2 rings (SSSR count). The fourth-order valence-electron chi connectivity index (χ4n) is 3.53. The summed E-state index contributed by atoms with van der Waals surface area (Å²) in [6, 6.07) is 2.16. The highest BCUT2D eigenvalue weighted by Gasteiger charge is 2.42. The van der Waals surface area contributed by atoms with Gasteiger partial charge in [-0.25, -0.2) is 0 Å². The Bertz CT molecular complexity index is 534. The number of H-pyrrole nitrogens is 1. The summed E-state index contributed by atoms with van der Waals surface area (Å²) >= 11 is 0. The highest BCUT2D eigenvalue weighted by atomic mass is 16.5. The van der Waals surface area contributed by atoms with Gasteiger partial charge in [0.05, 0.1) is 17.7 Å². The zero-order valence-electron chi connectivity index (χ0n) is 16.1. The normalized spacial score (nSPS) is 17.8. The third-order valence-electron chi connectivity index (χ3n) is 5.00. The molecule has 1 aromatic rings. The lowest BCUT2D eigenvalue weighted by Gasteiger charge is -2.39. The fourth-order valence-corrected chi connectivity index (χ4v) is 3.53. The summed E-state index contributed by atoms with van der Waals surface area (Å²) in [5.74, 6) is 0.546. The highest BCUT2D eigenvalue weighted by Crippen LogP contribution is 2.37. The molecule has 2 heterocycles. The molecule has 142 valence electrons. The number of esters is 1. The Morgan fingerprint density at radius 2 is 2.12 bits per heavy atom. The first-order valence-electron chi connectivity index (χ1n) is 9.40. The zero-order chi connectivity index (χ0) is 18.3. The number of carbonyl (C=O) groups excluding carboxylic acids is 1. The maximum atomic E-state index is 12.5. The van der Waals surface area contributed by atoms with Gasteiger partial charge < -0.3 is 9.47 Å². The van der Waals surface area contributed by atoms with Crippen molar-refractivity contribution in [2.75, 3.05) is 33.4 Å². The Morgan fingerprint density at radius 1 is 1.40 bits per heavy atom. The smallest absolute Gasteiger partial charge is 0.312 e. The molecule has 1 aliphatic rings. The second-order valence-corrected chi connectivity index (χ2v) is 7.50. The molecule has 1 aliphatic heterocycles. The van der Waals surface area contributed by atoms with Crippen molar-refractivity contribution < 1.29 is 14.3 Å². The van der Waals surface area contributed by atoms with E-state index >= 15 is 0 Å². The third-order valence-corrected chi connectivity index (χ3v) is 5.00. The molecule has 0 aliphatic carbocycles. The molecule has 0 amide bonds. The summed E-state index contributed by atoms with van der Waals surface area (Å²) in [7, 11) is 1.68. The van der Waals surface area contributed by atoms with E-state index in [1.807, 2.05) is 6.92 Å².